The lowest BCUT2D eigenvalue weighted by atomic mass is 10.0. The van der Waals surface area contributed by atoms with E-state index in [0.29, 0.717) is 66.4 Å². The molecular weight excluding hydrogens is 795 g/mol. The number of imidazole rings is 1. The molecule has 63 heavy (non-hydrogen) atoms. The van der Waals surface area contributed by atoms with Gasteiger partial charge >= 0.3 is 0 Å². The highest BCUT2D eigenvalue weighted by Crippen LogP contribution is 2.42. The summed E-state index contributed by atoms with van der Waals surface area (Å²) in [7, 11) is 0. The van der Waals surface area contributed by atoms with Gasteiger partial charge in [-0.1, -0.05) is 72.8 Å². The van der Waals surface area contributed by atoms with Gasteiger partial charge in [-0.3, -0.25) is 14.0 Å². The summed E-state index contributed by atoms with van der Waals surface area (Å²) in [6.07, 6.45) is 0. The van der Waals surface area contributed by atoms with Crippen LogP contribution in [-0.4, -0.2) is 35.7 Å². The maximum absolute atomic E-state index is 13.7. The minimum atomic E-state index is -0.476. The minimum Gasteiger partial charge on any atom is -0.506 e. The molecule has 0 saturated carbocycles. The highest BCUT2D eigenvalue weighted by molar-refractivity contribution is 6.19. The quantitative estimate of drug-likeness (QED) is 0.126. The van der Waals surface area contributed by atoms with Gasteiger partial charge in [0.2, 0.25) is 11.8 Å². The zero-order valence-electron chi connectivity index (χ0n) is 32.7. The number of phenolic OH excluding ortho intramolecular Hbond substituents is 2. The van der Waals surface area contributed by atoms with Crippen molar-refractivity contribution in [2.24, 2.45) is 20.5 Å². The van der Waals surface area contributed by atoms with Crippen LogP contribution in [0.5, 0.6) is 11.5 Å². The van der Waals surface area contributed by atoms with Crippen molar-refractivity contribution in [1.29, 1.82) is 0 Å². The maximum Gasteiger partial charge on any atom is 0.264 e. The number of para-hydroxylation sites is 3. The molecule has 0 aliphatic carbocycles. The number of rotatable bonds is 8. The van der Waals surface area contributed by atoms with Crippen LogP contribution in [0, 0.1) is 0 Å². The van der Waals surface area contributed by atoms with Crippen molar-refractivity contribution in [3.8, 4) is 34.4 Å². The first kappa shape index (κ1) is 36.9. The lowest BCUT2D eigenvalue weighted by Gasteiger charge is -2.11. The summed E-state index contributed by atoms with van der Waals surface area (Å²) in [6.45, 7) is 0. The number of phenols is 2. The molecule has 0 radical (unpaired) electrons. The minimum absolute atomic E-state index is 0.0700. The third-order valence-corrected chi connectivity index (χ3v) is 10.8. The van der Waals surface area contributed by atoms with Gasteiger partial charge in [-0.05, 0) is 90.3 Å². The average Bonchev–Trinajstić information content (AvgIpc) is 3.97. The Hall–Kier alpha value is -9.17. The van der Waals surface area contributed by atoms with Gasteiger partial charge in [-0.15, -0.1) is 20.4 Å². The first-order chi connectivity index (χ1) is 30.9. The number of amides is 1. The molecular formula is C49H29N9O5. The number of nitrogens with zero attached hydrogens (tertiary/aromatic N) is 8. The van der Waals surface area contributed by atoms with Crippen LogP contribution >= 0.6 is 0 Å². The number of aromatic nitrogens is 4. The van der Waals surface area contributed by atoms with Gasteiger partial charge in [0, 0.05) is 38.4 Å². The summed E-state index contributed by atoms with van der Waals surface area (Å²) in [6, 6.07) is 46.4. The van der Waals surface area contributed by atoms with Crippen LogP contribution in [0.1, 0.15) is 10.4 Å². The van der Waals surface area contributed by atoms with Crippen LogP contribution in [0.3, 0.4) is 0 Å². The van der Waals surface area contributed by atoms with Crippen molar-refractivity contribution in [2.75, 3.05) is 5.32 Å². The Labute approximate surface area is 355 Å². The molecule has 0 bridgehead atoms. The Kier molecular flexibility index (Phi) is 8.68. The van der Waals surface area contributed by atoms with E-state index in [4.69, 9.17) is 9.40 Å². The van der Waals surface area contributed by atoms with Gasteiger partial charge in [0.15, 0.2) is 5.75 Å². The van der Waals surface area contributed by atoms with E-state index in [2.05, 4.69) is 36.0 Å². The number of hydrogen-bond acceptors (Lipinski definition) is 12. The van der Waals surface area contributed by atoms with Crippen LogP contribution in [0.15, 0.2) is 187 Å². The molecule has 11 rings (SSSR count). The molecule has 8 aromatic carbocycles. The van der Waals surface area contributed by atoms with Crippen molar-refractivity contribution in [3.05, 3.63) is 174 Å². The molecule has 0 spiro atoms. The summed E-state index contributed by atoms with van der Waals surface area (Å²) in [5, 5.41) is 55.0. The van der Waals surface area contributed by atoms with E-state index in [1.165, 1.54) is 6.07 Å². The van der Waals surface area contributed by atoms with Crippen molar-refractivity contribution in [2.45, 2.75) is 0 Å². The summed E-state index contributed by atoms with van der Waals surface area (Å²) < 4.78 is 7.61. The van der Waals surface area contributed by atoms with Crippen LogP contribution in [0.25, 0.3) is 71.9 Å². The summed E-state index contributed by atoms with van der Waals surface area (Å²) >= 11 is 0. The number of anilines is 1. The van der Waals surface area contributed by atoms with E-state index >= 15 is 0 Å². The van der Waals surface area contributed by atoms with Crippen LogP contribution in [0.4, 0.5) is 28.4 Å². The largest absolute Gasteiger partial charge is 0.506 e. The first-order valence-corrected chi connectivity index (χ1v) is 19.7. The second kappa shape index (κ2) is 14.8. The fourth-order valence-corrected chi connectivity index (χ4v) is 7.77. The zero-order chi connectivity index (χ0) is 42.6. The van der Waals surface area contributed by atoms with Crippen molar-refractivity contribution >= 4 is 83.3 Å². The Morgan fingerprint density at radius 2 is 1.22 bits per heavy atom. The predicted octanol–water partition coefficient (Wildman–Crippen LogP) is 12.0. The molecule has 0 atom stereocenters. The van der Waals surface area contributed by atoms with E-state index in [0.717, 1.165) is 10.8 Å². The van der Waals surface area contributed by atoms with E-state index in [1.807, 2.05) is 78.9 Å². The topological polar surface area (TPSA) is 192 Å². The van der Waals surface area contributed by atoms with Crippen molar-refractivity contribution in [3.63, 3.8) is 0 Å². The van der Waals surface area contributed by atoms with E-state index < -0.39 is 5.91 Å². The monoisotopic (exact) mass is 823 g/mol. The molecule has 0 unspecified atom stereocenters. The summed E-state index contributed by atoms with van der Waals surface area (Å²) in [5.41, 5.74) is 5.01. The number of pyridine rings is 1. The Bertz CT molecular complexity index is 3720. The highest BCUT2D eigenvalue weighted by Gasteiger charge is 2.21. The summed E-state index contributed by atoms with van der Waals surface area (Å²) in [5.74, 6) is -0.366. The normalized spacial score (nSPS) is 11.9. The van der Waals surface area contributed by atoms with Gasteiger partial charge in [0.1, 0.15) is 22.8 Å². The lowest BCUT2D eigenvalue weighted by molar-refractivity contribution is 0.102. The first-order valence-electron chi connectivity index (χ1n) is 19.7. The molecule has 11 aromatic rings. The highest BCUT2D eigenvalue weighted by atomic mass is 16.4. The molecule has 14 nitrogen and oxygen atoms in total. The number of hydrogen-bond donors (Lipinski definition) is 3. The Morgan fingerprint density at radius 1 is 0.603 bits per heavy atom. The number of aromatic hydroxyl groups is 2. The molecule has 3 N–H and O–H groups in total. The summed E-state index contributed by atoms with van der Waals surface area (Å²) in [4.78, 5) is 31.7. The smallest absolute Gasteiger partial charge is 0.264 e. The molecule has 300 valence electrons. The predicted molar refractivity (Wildman–Crippen MR) is 240 cm³/mol. The Morgan fingerprint density at radius 3 is 1.95 bits per heavy atom. The van der Waals surface area contributed by atoms with E-state index in [1.54, 1.807) is 77.2 Å². The average molecular weight is 824 g/mol. The number of carbonyl (C=O) groups excluding carboxylic acids is 1. The number of benzene rings is 8. The van der Waals surface area contributed by atoms with Gasteiger partial charge < -0.3 is 19.9 Å². The number of fused-ring (bicyclic) bond motifs is 5. The van der Waals surface area contributed by atoms with Gasteiger partial charge in [0.25, 0.3) is 11.5 Å². The molecule has 1 amide bonds. The van der Waals surface area contributed by atoms with Crippen LogP contribution in [0.2, 0.25) is 0 Å². The van der Waals surface area contributed by atoms with Gasteiger partial charge in [-0.25, -0.2) is 4.98 Å². The third-order valence-electron chi connectivity index (χ3n) is 10.8. The standard InChI is InChI=1S/C49H29N9O5/c59-40-26-36-41-34(13-8-14-35(41)45-51-38-15-6-7-16-39(38)58(45)49(36)62)42(40)54-52-31-21-17-27(18-22-31)47-56-57-48(63-47)28-19-23-32(24-20-28)53-55-43-33-12-5-4-9-29(33)25-37(44(43)60)46(61)50-30-10-2-1-3-11-30/h1-26,59-60H,(H,50,61). The SMILES string of the molecule is O=C(Nc1ccccc1)c1cc2ccccc2c(N=Nc2ccc(-c3nnc(-c4ccc(N=Nc5c(O)cc6c(=O)n7c8ccccc8nc7c7cccc5c67)cc4)o3)cc2)c1O. The van der Waals surface area contributed by atoms with Crippen LogP contribution < -0.4 is 10.9 Å². The van der Waals surface area contributed by atoms with Crippen LogP contribution in [-0.2, 0) is 0 Å². The second-order valence-corrected chi connectivity index (χ2v) is 14.7. The van der Waals surface area contributed by atoms with Crippen molar-refractivity contribution in [1.82, 2.24) is 19.6 Å². The second-order valence-electron chi connectivity index (χ2n) is 14.7. The molecule has 0 aliphatic rings. The molecule has 0 saturated heterocycles. The zero-order valence-corrected chi connectivity index (χ0v) is 32.7. The van der Waals surface area contributed by atoms with Gasteiger partial charge in [-0.2, -0.15) is 10.2 Å². The number of azo groups is 2. The lowest BCUT2D eigenvalue weighted by Crippen LogP contribution is -2.13. The van der Waals surface area contributed by atoms with Crippen molar-refractivity contribution < 1.29 is 19.4 Å². The molecule has 0 aliphatic heterocycles. The Balaban J connectivity index is 0.821. The number of carbonyl (C=O) groups is 1. The van der Waals surface area contributed by atoms with Gasteiger partial charge in [0.05, 0.1) is 33.4 Å². The van der Waals surface area contributed by atoms with E-state index in [9.17, 15) is 19.8 Å². The molecule has 0 fully saturated rings. The maximum atomic E-state index is 13.7. The molecule has 3 aromatic heterocycles. The molecule has 14 heteroatoms. The third kappa shape index (κ3) is 6.42. The van der Waals surface area contributed by atoms with E-state index in [-0.39, 0.29) is 45.8 Å². The fraction of sp³-hybridized carbons (Fsp3) is 0. The number of nitrogens with one attached hydrogen (secondary N) is 1. The fourth-order valence-electron chi connectivity index (χ4n) is 7.77. The molecule has 3 heterocycles.